The maximum Gasteiger partial charge on any atom is 0.335 e. The summed E-state index contributed by atoms with van der Waals surface area (Å²) in [6, 6.07) is 9.61. The van der Waals surface area contributed by atoms with E-state index in [9.17, 15) is 19.5 Å². The molecule has 1 atom stereocenters. The van der Waals surface area contributed by atoms with E-state index in [1.807, 2.05) is 0 Å². The van der Waals surface area contributed by atoms with E-state index in [0.29, 0.717) is 22.7 Å². The summed E-state index contributed by atoms with van der Waals surface area (Å²) in [5.74, 6) is -2.09. The molecule has 0 spiro atoms. The van der Waals surface area contributed by atoms with Gasteiger partial charge in [0, 0.05) is 5.69 Å². The fraction of sp³-hybridized carbons (Fsp3) is 0.190. The Labute approximate surface area is 166 Å². The van der Waals surface area contributed by atoms with Crippen molar-refractivity contribution >= 4 is 23.3 Å². The predicted octanol–water partition coefficient (Wildman–Crippen LogP) is 2.89. The van der Waals surface area contributed by atoms with Gasteiger partial charge in [-0.05, 0) is 48.9 Å². The van der Waals surface area contributed by atoms with Crippen LogP contribution in [0.3, 0.4) is 0 Å². The van der Waals surface area contributed by atoms with Gasteiger partial charge < -0.3 is 19.7 Å². The molecule has 2 N–H and O–H groups in total. The van der Waals surface area contributed by atoms with E-state index in [0.717, 1.165) is 0 Å². The zero-order chi connectivity index (χ0) is 21.3. The van der Waals surface area contributed by atoms with E-state index in [4.69, 9.17) is 14.6 Å². The molecule has 1 unspecified atom stereocenters. The third kappa shape index (κ3) is 3.40. The molecular weight excluding hydrogens is 378 g/mol. The lowest BCUT2D eigenvalue weighted by molar-refractivity contribution is -0.117. The highest BCUT2D eigenvalue weighted by atomic mass is 16.5. The van der Waals surface area contributed by atoms with E-state index >= 15 is 0 Å². The molecule has 0 bridgehead atoms. The highest BCUT2D eigenvalue weighted by Crippen LogP contribution is 2.43. The molecule has 3 rings (SSSR count). The lowest BCUT2D eigenvalue weighted by Gasteiger charge is -2.27. The molecule has 150 valence electrons. The Morgan fingerprint density at radius 2 is 1.62 bits per heavy atom. The number of anilines is 1. The number of Topliss-reactive ketones (excluding diaryl/α,β-unsaturated/α-hetero) is 1. The summed E-state index contributed by atoms with van der Waals surface area (Å²) >= 11 is 0. The Bertz CT molecular complexity index is 1020. The Kier molecular flexibility index (Phi) is 5.27. The first-order chi connectivity index (χ1) is 13.8. The summed E-state index contributed by atoms with van der Waals surface area (Å²) in [6.45, 7) is 1.27. The van der Waals surface area contributed by atoms with Crippen LogP contribution in [0.25, 0.3) is 0 Å². The van der Waals surface area contributed by atoms with Gasteiger partial charge in [-0.25, -0.2) is 4.79 Å². The second kappa shape index (κ2) is 7.67. The number of carboxylic acids is 1. The van der Waals surface area contributed by atoms with Crippen LogP contribution >= 0.6 is 0 Å². The molecule has 1 heterocycles. The number of ketones is 1. The molecule has 2 aromatic carbocycles. The van der Waals surface area contributed by atoms with Crippen LogP contribution in [0.2, 0.25) is 0 Å². The average Bonchev–Trinajstić information content (AvgIpc) is 2.98. The van der Waals surface area contributed by atoms with Crippen molar-refractivity contribution in [1.29, 1.82) is 0 Å². The third-order valence-corrected chi connectivity index (χ3v) is 4.70. The second-order valence-corrected chi connectivity index (χ2v) is 6.36. The molecule has 0 radical (unpaired) electrons. The number of aliphatic hydroxyl groups excluding tert-OH is 1. The average molecular weight is 397 g/mol. The first-order valence-electron chi connectivity index (χ1n) is 8.63. The van der Waals surface area contributed by atoms with Gasteiger partial charge in [0.05, 0.1) is 31.4 Å². The molecule has 0 saturated carbocycles. The van der Waals surface area contributed by atoms with Gasteiger partial charge in [0.2, 0.25) is 0 Å². The summed E-state index contributed by atoms with van der Waals surface area (Å²) in [5.41, 5.74) is 0.853. The van der Waals surface area contributed by atoms with E-state index in [2.05, 4.69) is 0 Å². The van der Waals surface area contributed by atoms with Gasteiger partial charge in [-0.2, -0.15) is 0 Å². The van der Waals surface area contributed by atoms with Crippen molar-refractivity contribution < 1.29 is 34.1 Å². The molecule has 8 heteroatoms. The minimum absolute atomic E-state index is 0.0482. The largest absolute Gasteiger partial charge is 0.503 e. The van der Waals surface area contributed by atoms with Gasteiger partial charge in [-0.3, -0.25) is 14.5 Å². The highest BCUT2D eigenvalue weighted by Gasteiger charge is 2.43. The molecule has 1 aliphatic heterocycles. The monoisotopic (exact) mass is 397 g/mol. The normalized spacial score (nSPS) is 16.2. The van der Waals surface area contributed by atoms with Gasteiger partial charge in [0.1, 0.15) is 0 Å². The number of aromatic carboxylic acids is 1. The first-order valence-corrected chi connectivity index (χ1v) is 8.63. The van der Waals surface area contributed by atoms with Crippen LogP contribution in [0.1, 0.15) is 28.9 Å². The Balaban J connectivity index is 2.16. The number of carbonyl (C=O) groups is 3. The lowest BCUT2D eigenvalue weighted by atomic mass is 9.96. The first kappa shape index (κ1) is 19.9. The van der Waals surface area contributed by atoms with Gasteiger partial charge in [-0.1, -0.05) is 6.07 Å². The van der Waals surface area contributed by atoms with E-state index in [-0.39, 0.29) is 11.1 Å². The second-order valence-electron chi connectivity index (χ2n) is 6.36. The lowest BCUT2D eigenvalue weighted by Crippen LogP contribution is -2.30. The standard InChI is InChI=1S/C21H19NO7/c1-11(23)17-18(13-6-9-15(28-2)16(10-13)29-3)22(20(25)19(17)24)14-7-4-12(5-8-14)21(26)27/h4-10,18,24H,1-3H3,(H,26,27). The quantitative estimate of drug-likeness (QED) is 0.770. The Morgan fingerprint density at radius 1 is 1.00 bits per heavy atom. The molecule has 8 nitrogen and oxygen atoms in total. The van der Waals surface area contributed by atoms with Crippen LogP contribution in [-0.4, -0.2) is 42.1 Å². The van der Waals surface area contributed by atoms with Crippen LogP contribution in [0.5, 0.6) is 11.5 Å². The number of benzene rings is 2. The fourth-order valence-corrected chi connectivity index (χ4v) is 3.33. The smallest absolute Gasteiger partial charge is 0.335 e. The Hall–Kier alpha value is -3.81. The molecule has 2 aromatic rings. The van der Waals surface area contributed by atoms with E-state index in [1.165, 1.54) is 50.3 Å². The summed E-state index contributed by atoms with van der Waals surface area (Å²) < 4.78 is 10.5. The van der Waals surface area contributed by atoms with Gasteiger partial charge in [0.25, 0.3) is 5.91 Å². The van der Waals surface area contributed by atoms with Gasteiger partial charge in [0.15, 0.2) is 23.0 Å². The van der Waals surface area contributed by atoms with Crippen molar-refractivity contribution in [3.63, 3.8) is 0 Å². The van der Waals surface area contributed by atoms with Crippen molar-refractivity contribution in [2.75, 3.05) is 19.1 Å². The maximum absolute atomic E-state index is 12.8. The molecular formula is C21H19NO7. The predicted molar refractivity (Wildman–Crippen MR) is 104 cm³/mol. The molecule has 0 saturated heterocycles. The number of amides is 1. The summed E-state index contributed by atoms with van der Waals surface area (Å²) in [6.07, 6.45) is 0. The van der Waals surface area contributed by atoms with E-state index in [1.54, 1.807) is 18.2 Å². The van der Waals surface area contributed by atoms with Crippen LogP contribution in [0.4, 0.5) is 5.69 Å². The fourth-order valence-electron chi connectivity index (χ4n) is 3.33. The summed E-state index contributed by atoms with van der Waals surface area (Å²) in [5, 5.41) is 19.5. The number of nitrogens with zero attached hydrogens (tertiary/aromatic N) is 1. The minimum Gasteiger partial charge on any atom is -0.503 e. The topological polar surface area (TPSA) is 113 Å². The molecule has 0 fully saturated rings. The molecule has 1 amide bonds. The molecule has 29 heavy (non-hydrogen) atoms. The summed E-state index contributed by atoms with van der Waals surface area (Å²) in [7, 11) is 2.95. The van der Waals surface area contributed by atoms with Crippen LogP contribution in [0.15, 0.2) is 53.8 Å². The number of hydrogen-bond acceptors (Lipinski definition) is 6. The van der Waals surface area contributed by atoms with Crippen molar-refractivity contribution in [2.45, 2.75) is 13.0 Å². The number of aliphatic hydroxyl groups is 1. The van der Waals surface area contributed by atoms with Crippen LogP contribution in [0, 0.1) is 0 Å². The van der Waals surface area contributed by atoms with Crippen molar-refractivity contribution in [3.8, 4) is 11.5 Å². The highest BCUT2D eigenvalue weighted by molar-refractivity contribution is 6.16. The molecule has 0 aromatic heterocycles. The zero-order valence-corrected chi connectivity index (χ0v) is 16.0. The van der Waals surface area contributed by atoms with Crippen molar-refractivity contribution in [3.05, 3.63) is 64.9 Å². The summed E-state index contributed by atoms with van der Waals surface area (Å²) in [4.78, 5) is 37.4. The Morgan fingerprint density at radius 3 is 2.14 bits per heavy atom. The van der Waals surface area contributed by atoms with Crippen LogP contribution < -0.4 is 14.4 Å². The number of carboxylic acid groups (broad SMARTS) is 1. The number of hydrogen-bond donors (Lipinski definition) is 2. The molecule has 0 aliphatic carbocycles. The molecule has 1 aliphatic rings. The van der Waals surface area contributed by atoms with Gasteiger partial charge in [-0.15, -0.1) is 0 Å². The number of ether oxygens (including phenoxy) is 2. The third-order valence-electron chi connectivity index (χ3n) is 4.70. The van der Waals surface area contributed by atoms with Gasteiger partial charge >= 0.3 is 5.97 Å². The number of methoxy groups -OCH3 is 2. The van der Waals surface area contributed by atoms with Crippen molar-refractivity contribution in [2.24, 2.45) is 0 Å². The maximum atomic E-state index is 12.8. The minimum atomic E-state index is -1.11. The van der Waals surface area contributed by atoms with Crippen LogP contribution in [-0.2, 0) is 9.59 Å². The zero-order valence-electron chi connectivity index (χ0n) is 16.0. The number of carbonyl (C=O) groups excluding carboxylic acids is 2. The van der Waals surface area contributed by atoms with Crippen molar-refractivity contribution in [1.82, 2.24) is 0 Å². The number of rotatable bonds is 6. The SMILES string of the molecule is COc1ccc(C2C(C(C)=O)=C(O)C(=O)N2c2ccc(C(=O)O)cc2)cc1OC. The van der Waals surface area contributed by atoms with E-state index < -0.39 is 29.5 Å².